The first-order chi connectivity index (χ1) is 68.1. The van der Waals surface area contributed by atoms with Crippen LogP contribution in [0, 0.1) is 18.7 Å². The number of halogens is 1. The first-order valence-electron chi connectivity index (χ1n) is 48.5. The largest absolute Gasteiger partial charge is 0.458 e. The molecule has 16 N–H and O–H groups in total. The topological polar surface area (TPSA) is 593 Å². The fraction of sp³-hybridized carbons (Fsp3) is 0.667. The average Bonchev–Trinajstić information content (AvgIpc) is 1.61. The van der Waals surface area contributed by atoms with Crippen molar-refractivity contribution in [1.29, 1.82) is 0 Å². The summed E-state index contributed by atoms with van der Waals surface area (Å²) < 4.78 is 94.8. The van der Waals surface area contributed by atoms with Crippen LogP contribution in [0.1, 0.15) is 156 Å². The first-order valence-corrected chi connectivity index (χ1v) is 48.5. The molecule has 2 aromatic carbocycles. The van der Waals surface area contributed by atoms with Crippen LogP contribution < -0.4 is 48.5 Å². The second-order valence-corrected chi connectivity index (χ2v) is 34.6. The molecule has 0 spiro atoms. The van der Waals surface area contributed by atoms with Gasteiger partial charge in [-0.3, -0.25) is 43.3 Å². The number of primary amides is 1. The monoisotopic (exact) mass is 2000 g/mol. The Morgan fingerprint density at radius 2 is 1.09 bits per heavy atom. The number of hydrogen-bond acceptors (Lipinski definition) is 34. The number of aryl methyl sites for hydroxylation is 1. The number of imide groups is 1. The van der Waals surface area contributed by atoms with E-state index in [-0.39, 0.29) is 133 Å². The fourth-order valence-corrected chi connectivity index (χ4v) is 16.0. The van der Waals surface area contributed by atoms with Crippen LogP contribution in [0.3, 0.4) is 0 Å². The number of ether oxygens (including phenoxy) is 14. The van der Waals surface area contributed by atoms with Crippen molar-refractivity contribution in [3.63, 3.8) is 0 Å². The van der Waals surface area contributed by atoms with Gasteiger partial charge in [-0.1, -0.05) is 39.3 Å². The number of nitrogens with zero attached hydrogens (tertiary/aromatic N) is 4. The number of esters is 1. The number of carbonyl (C=O) groups is 10. The Bertz CT molecular complexity index is 4630. The summed E-state index contributed by atoms with van der Waals surface area (Å²) >= 11 is 0. The van der Waals surface area contributed by atoms with Crippen molar-refractivity contribution in [2.75, 3.05) is 216 Å². The molecular weight excluding hydrogens is 1850 g/mol. The van der Waals surface area contributed by atoms with Crippen LogP contribution in [0.5, 0.6) is 0 Å². The van der Waals surface area contributed by atoms with E-state index in [4.69, 9.17) is 87.2 Å². The number of unbranched alkanes of at least 4 members (excludes halogenated alkanes) is 3. The molecular formula is C96H145FN12O32. The maximum atomic E-state index is 15.6. The molecule has 0 bridgehead atoms. The maximum absolute atomic E-state index is 15.6. The highest BCUT2D eigenvalue weighted by Crippen LogP contribution is 2.46. The number of anilines is 1. The van der Waals surface area contributed by atoms with Gasteiger partial charge in [0.15, 0.2) is 5.60 Å². The van der Waals surface area contributed by atoms with Crippen LogP contribution in [-0.4, -0.2) is 368 Å². The number of rotatable bonds is 76. The molecule has 9 atom stereocenters. The zero-order valence-electron chi connectivity index (χ0n) is 81.3. The number of nitrogens with one attached hydrogen (secondary N) is 7. The van der Waals surface area contributed by atoms with Crippen molar-refractivity contribution < 1.29 is 154 Å². The number of amides is 10. The zero-order valence-corrected chi connectivity index (χ0v) is 81.3. The normalized spacial score (nSPS) is 16.3. The van der Waals surface area contributed by atoms with E-state index in [0.717, 1.165) is 4.90 Å². The van der Waals surface area contributed by atoms with Gasteiger partial charge in [0.05, 0.1) is 219 Å². The third-order valence-corrected chi connectivity index (χ3v) is 24.1. The summed E-state index contributed by atoms with van der Waals surface area (Å²) in [5.74, 6) is -5.60. The number of aliphatic hydroxyl groups excluding tert-OH is 6. The third kappa shape index (κ3) is 39.3. The summed E-state index contributed by atoms with van der Waals surface area (Å²) in [5.41, 5.74) is 7.10. The number of cyclic esters (lactones) is 1. The van der Waals surface area contributed by atoms with Crippen LogP contribution in [-0.2, 0) is 136 Å². The molecule has 45 heteroatoms. The van der Waals surface area contributed by atoms with Crippen LogP contribution >= 0.6 is 0 Å². The van der Waals surface area contributed by atoms with E-state index in [9.17, 15) is 78.3 Å². The number of carbonyl (C=O) groups excluding carboxylic acids is 10. The van der Waals surface area contributed by atoms with Crippen molar-refractivity contribution in [2.24, 2.45) is 11.7 Å². The molecule has 0 unspecified atom stereocenters. The molecule has 4 aliphatic rings. The predicted octanol–water partition coefficient (Wildman–Crippen LogP) is 0.810. The smallest absolute Gasteiger partial charge is 0.407 e. The summed E-state index contributed by atoms with van der Waals surface area (Å²) in [7, 11) is 0. The second-order valence-electron chi connectivity index (χ2n) is 34.6. The van der Waals surface area contributed by atoms with Gasteiger partial charge in [-0.2, -0.15) is 0 Å². The number of alkyl carbamates (subject to hydrolysis) is 1. The van der Waals surface area contributed by atoms with Gasteiger partial charge in [0.25, 0.3) is 17.4 Å². The third-order valence-electron chi connectivity index (χ3n) is 24.1. The van der Waals surface area contributed by atoms with E-state index in [2.05, 4.69) is 37.2 Å². The molecule has 4 aromatic rings. The lowest BCUT2D eigenvalue weighted by Crippen LogP contribution is -2.57. The molecule has 0 radical (unpaired) electrons. The number of fused-ring (bicyclic) bond motifs is 5. The fourth-order valence-electron chi connectivity index (χ4n) is 16.0. The van der Waals surface area contributed by atoms with Gasteiger partial charge in [-0.05, 0) is 130 Å². The number of aliphatic hydroxyl groups is 7. The van der Waals surface area contributed by atoms with E-state index < -0.39 is 138 Å². The Balaban J connectivity index is 0.651. The van der Waals surface area contributed by atoms with Gasteiger partial charge >= 0.3 is 18.1 Å². The molecule has 2 aromatic heterocycles. The predicted molar refractivity (Wildman–Crippen MR) is 506 cm³/mol. The molecule has 788 valence electrons. The molecule has 141 heavy (non-hydrogen) atoms. The highest BCUT2D eigenvalue weighted by atomic mass is 19.1. The second kappa shape index (κ2) is 64.0. The van der Waals surface area contributed by atoms with Crippen LogP contribution in [0.4, 0.5) is 19.7 Å². The standard InChI is InChI=1S/C96H145FN12O32/c1-5-96(127)70-56-76-88-68(58-109(76)92(123)69(70)62-140-93(96)124)86-72(20-19-67-64(4)71(97)57-75(103-88)85(67)86)105-95(126)141-61-65-15-17-66(18-16-65)101-89(120)74(13-11-27-100-94(98)125)104-91(122)87(63(2)3)106-90(121)73(102-82(117)14-7-6-10-28-108-83(118)21-22-84(108)119)12-8-9-26-99-81(116)25-32-128-34-36-130-38-40-132-42-44-134-46-48-136-50-52-138-54-55-139-53-51-137-49-47-135-45-43-133-41-39-131-37-35-129-33-31-107(29-23-77(112)79(114)59-110)30-24-78(113)80(115)60-111/h15-18,21-22,56-57,63,72-74,77-80,87,110-115,127H,5-14,19-20,23-55,58-62H2,1-4H3,(H,99,116)(H,101,120)(H,102,117)(H,104,122)(H,105,126)(H,106,121)(H3,98,100,125)/t72-,73-,74-,77+,78+,79-,80-,87-,96-/m0/s1. The van der Waals surface area contributed by atoms with Crippen molar-refractivity contribution in [2.45, 2.75) is 198 Å². The van der Waals surface area contributed by atoms with Crippen molar-refractivity contribution in [1.82, 2.24) is 51.3 Å². The highest BCUT2D eigenvalue weighted by molar-refractivity contribution is 6.13. The Hall–Kier alpha value is -9.83. The van der Waals surface area contributed by atoms with Crippen molar-refractivity contribution >= 4 is 76.0 Å². The van der Waals surface area contributed by atoms with E-state index in [1.54, 1.807) is 58.0 Å². The highest BCUT2D eigenvalue weighted by Gasteiger charge is 2.47. The summed E-state index contributed by atoms with van der Waals surface area (Å²) in [6, 6.07) is 4.07. The maximum Gasteiger partial charge on any atom is 0.407 e. The number of pyridine rings is 2. The SMILES string of the molecule is CC[C@@]1(O)C(=O)OCc2c1cc1n(c2=O)Cc2c-1nc1cc(F)c(C)c3c1c2[C@@H](NC(=O)OCc1ccc(NC(=O)[C@H](CCCNC(N)=O)NC(=O)[C@@H](NC(=O)[C@H](CCCCNC(=O)CCOCCOCCOCCOCCOCCOCCOCCOCCOCCOCCOCCOCCN(CC[C@@H](O)[C@@H](O)CO)CC[C@@H](O)[C@@H](O)CO)NC(=O)CCCCCN2C(=O)C=CC2=O)C(C)C)cc1)CC3. The summed E-state index contributed by atoms with van der Waals surface area (Å²) in [6.45, 7) is 15.1. The summed E-state index contributed by atoms with van der Waals surface area (Å²) in [4.78, 5) is 154. The molecule has 8 rings (SSSR count). The molecule has 1 aliphatic carbocycles. The number of nitrogens with two attached hydrogens (primary N) is 1. The Kier molecular flexibility index (Phi) is 52.9. The lowest BCUT2D eigenvalue weighted by atomic mass is 9.81. The Labute approximate surface area is 819 Å². The van der Waals surface area contributed by atoms with Gasteiger partial charge in [0.1, 0.15) is 49.4 Å². The van der Waals surface area contributed by atoms with Crippen LogP contribution in [0.15, 0.2) is 53.3 Å². The summed E-state index contributed by atoms with van der Waals surface area (Å²) in [5, 5.41) is 89.1. The van der Waals surface area contributed by atoms with Gasteiger partial charge in [0, 0.05) is 92.5 Å². The van der Waals surface area contributed by atoms with E-state index >= 15 is 4.39 Å². The lowest BCUT2D eigenvalue weighted by molar-refractivity contribution is -0.172. The summed E-state index contributed by atoms with van der Waals surface area (Å²) in [6.07, 6.45) is 0.156. The molecule has 44 nitrogen and oxygen atoms in total. The van der Waals surface area contributed by atoms with Crippen LogP contribution in [0.25, 0.3) is 22.3 Å². The number of hydrogen-bond donors (Lipinski definition) is 15. The molecule has 0 saturated heterocycles. The minimum absolute atomic E-state index is 0.00557. The number of urea groups is 1. The molecule has 0 fully saturated rings. The molecule has 10 amide bonds. The van der Waals surface area contributed by atoms with Crippen molar-refractivity contribution in [3.8, 4) is 11.4 Å². The van der Waals surface area contributed by atoms with E-state index in [1.807, 2.05) is 4.90 Å². The average molecular weight is 2000 g/mol. The Morgan fingerprint density at radius 1 is 0.574 bits per heavy atom. The van der Waals surface area contributed by atoms with Gasteiger partial charge < -0.3 is 154 Å². The Morgan fingerprint density at radius 3 is 1.62 bits per heavy atom. The zero-order chi connectivity index (χ0) is 102. The molecule has 3 aliphatic heterocycles. The quantitative estimate of drug-likeness (QED) is 0.0145. The van der Waals surface area contributed by atoms with Crippen molar-refractivity contribution in [3.05, 3.63) is 104 Å². The molecule has 5 heterocycles. The first kappa shape index (κ1) is 116. The van der Waals surface area contributed by atoms with Gasteiger partial charge in [-0.15, -0.1) is 0 Å². The minimum Gasteiger partial charge on any atom is -0.458 e. The number of benzene rings is 2. The lowest BCUT2D eigenvalue weighted by Gasteiger charge is -2.31. The van der Waals surface area contributed by atoms with Gasteiger partial charge in [0.2, 0.25) is 29.5 Å². The van der Waals surface area contributed by atoms with E-state index in [1.165, 1.54) is 22.8 Å². The molecule has 0 saturated carbocycles. The van der Waals surface area contributed by atoms with Crippen LogP contribution in [0.2, 0.25) is 0 Å². The number of aromatic nitrogens is 2. The minimum atomic E-state index is -2.08. The van der Waals surface area contributed by atoms with E-state index in [0.29, 0.717) is 253 Å². The van der Waals surface area contributed by atoms with Gasteiger partial charge in [-0.25, -0.2) is 23.8 Å².